The van der Waals surface area contributed by atoms with E-state index in [1.54, 1.807) is 6.07 Å². The lowest BCUT2D eigenvalue weighted by Gasteiger charge is -2.14. The zero-order valence-electron chi connectivity index (χ0n) is 9.55. The number of alkyl halides is 3. The zero-order chi connectivity index (χ0) is 14.6. The Morgan fingerprint density at radius 1 is 1.47 bits per heavy atom. The second-order valence-corrected chi connectivity index (χ2v) is 3.58. The van der Waals surface area contributed by atoms with Crippen molar-refractivity contribution in [2.24, 2.45) is 0 Å². The third-order valence-electron chi connectivity index (χ3n) is 1.93. The molecule has 0 saturated carbocycles. The molecule has 19 heavy (non-hydrogen) atoms. The largest absolute Gasteiger partial charge is 0.573 e. The molecule has 0 N–H and O–H groups in total. The molecule has 4 nitrogen and oxygen atoms in total. The summed E-state index contributed by atoms with van der Waals surface area (Å²) in [6.07, 6.45) is -5.00. The highest BCUT2D eigenvalue weighted by Gasteiger charge is 2.34. The molecule has 1 aromatic carbocycles. The Bertz CT molecular complexity index is 537. The predicted molar refractivity (Wildman–Crippen MR) is 58.8 cm³/mol. The second kappa shape index (κ2) is 5.80. The van der Waals surface area contributed by atoms with Crippen LogP contribution in [0.3, 0.4) is 0 Å². The van der Waals surface area contributed by atoms with Gasteiger partial charge in [-0.25, -0.2) is 4.79 Å². The number of hydrogen-bond acceptors (Lipinski definition) is 4. The fraction of sp³-hybridized carbons (Fsp3) is 0.273. The molecular weight excluding hydrogens is 287 g/mol. The topological polar surface area (TPSA) is 59.3 Å². The SMILES string of the molecule is CCOC(=O)c1c(OC(F)(F)F)ccc(Cl)c1C#N. The molecular formula is C11H7ClF3NO3. The van der Waals surface area contributed by atoms with Gasteiger partial charge in [0.05, 0.1) is 17.2 Å². The Kier molecular flexibility index (Phi) is 4.62. The summed E-state index contributed by atoms with van der Waals surface area (Å²) in [5.74, 6) is -1.94. The van der Waals surface area contributed by atoms with Gasteiger partial charge in [-0.2, -0.15) is 5.26 Å². The number of carbonyl (C=O) groups is 1. The summed E-state index contributed by atoms with van der Waals surface area (Å²) in [5, 5.41) is 8.69. The van der Waals surface area contributed by atoms with Crippen molar-refractivity contribution in [3.05, 3.63) is 28.3 Å². The fourth-order valence-corrected chi connectivity index (χ4v) is 1.48. The highest BCUT2D eigenvalue weighted by Crippen LogP contribution is 2.32. The molecule has 0 fully saturated rings. The number of halogens is 4. The Labute approximate surface area is 111 Å². The fourth-order valence-electron chi connectivity index (χ4n) is 1.28. The van der Waals surface area contributed by atoms with Crippen LogP contribution >= 0.6 is 11.6 Å². The van der Waals surface area contributed by atoms with Gasteiger partial charge in [-0.05, 0) is 19.1 Å². The van der Waals surface area contributed by atoms with E-state index in [0.29, 0.717) is 0 Å². The van der Waals surface area contributed by atoms with Crippen LogP contribution in [0.2, 0.25) is 5.02 Å². The van der Waals surface area contributed by atoms with Crippen molar-refractivity contribution in [1.29, 1.82) is 5.26 Å². The molecule has 0 aliphatic carbocycles. The van der Waals surface area contributed by atoms with E-state index in [0.717, 1.165) is 12.1 Å². The van der Waals surface area contributed by atoms with Crippen LogP contribution in [0.1, 0.15) is 22.8 Å². The Balaban J connectivity index is 3.39. The molecule has 0 aliphatic heterocycles. The number of carbonyl (C=O) groups excluding carboxylic acids is 1. The molecule has 0 aromatic heterocycles. The van der Waals surface area contributed by atoms with Gasteiger partial charge >= 0.3 is 12.3 Å². The van der Waals surface area contributed by atoms with Crippen LogP contribution in [0.5, 0.6) is 5.75 Å². The first-order valence-electron chi connectivity index (χ1n) is 4.95. The van der Waals surface area contributed by atoms with Crippen molar-refractivity contribution in [2.75, 3.05) is 6.61 Å². The molecule has 102 valence electrons. The highest BCUT2D eigenvalue weighted by molar-refractivity contribution is 6.32. The molecule has 0 unspecified atom stereocenters. The molecule has 0 heterocycles. The van der Waals surface area contributed by atoms with E-state index < -0.39 is 29.2 Å². The lowest BCUT2D eigenvalue weighted by atomic mass is 10.1. The first-order chi connectivity index (χ1) is 8.80. The van der Waals surface area contributed by atoms with Crippen LogP contribution in [-0.4, -0.2) is 18.9 Å². The maximum Gasteiger partial charge on any atom is 0.573 e. The monoisotopic (exact) mass is 293 g/mol. The number of rotatable bonds is 3. The summed E-state index contributed by atoms with van der Waals surface area (Å²) in [6.45, 7) is 1.40. The van der Waals surface area contributed by atoms with Crippen molar-refractivity contribution in [3.63, 3.8) is 0 Å². The van der Waals surface area contributed by atoms with Crippen molar-refractivity contribution < 1.29 is 27.4 Å². The molecule has 8 heteroatoms. The van der Waals surface area contributed by atoms with Gasteiger partial charge in [0, 0.05) is 0 Å². The number of hydrogen-bond donors (Lipinski definition) is 0. The average Bonchev–Trinajstić information content (AvgIpc) is 2.29. The van der Waals surface area contributed by atoms with Crippen LogP contribution in [0.15, 0.2) is 12.1 Å². The molecule has 0 atom stereocenters. The summed E-state index contributed by atoms with van der Waals surface area (Å²) in [4.78, 5) is 11.6. The van der Waals surface area contributed by atoms with E-state index in [4.69, 9.17) is 16.9 Å². The van der Waals surface area contributed by atoms with Crippen molar-refractivity contribution in [2.45, 2.75) is 13.3 Å². The molecule has 0 aliphatic rings. The molecule has 0 amide bonds. The average molecular weight is 294 g/mol. The third-order valence-corrected chi connectivity index (χ3v) is 2.25. The van der Waals surface area contributed by atoms with Gasteiger partial charge in [-0.15, -0.1) is 13.2 Å². The van der Waals surface area contributed by atoms with Gasteiger partial charge in [0.1, 0.15) is 17.4 Å². The van der Waals surface area contributed by atoms with E-state index >= 15 is 0 Å². The smallest absolute Gasteiger partial charge is 0.462 e. The standard InChI is InChI=1S/C11H7ClF3NO3/c1-2-18-10(17)9-6(5-16)7(12)3-4-8(9)19-11(13,14)15/h3-4H,2H2,1H3. The van der Waals surface area contributed by atoms with Gasteiger partial charge in [-0.1, -0.05) is 11.6 Å². The van der Waals surface area contributed by atoms with Gasteiger partial charge in [0.2, 0.25) is 0 Å². The van der Waals surface area contributed by atoms with E-state index in [9.17, 15) is 18.0 Å². The molecule has 1 aromatic rings. The van der Waals surface area contributed by atoms with Gasteiger partial charge in [-0.3, -0.25) is 0 Å². The number of ether oxygens (including phenoxy) is 2. The maximum absolute atomic E-state index is 12.2. The van der Waals surface area contributed by atoms with Crippen LogP contribution in [-0.2, 0) is 4.74 Å². The Hall–Kier alpha value is -1.94. The lowest BCUT2D eigenvalue weighted by molar-refractivity contribution is -0.274. The van der Waals surface area contributed by atoms with Crippen LogP contribution in [0.25, 0.3) is 0 Å². The van der Waals surface area contributed by atoms with Crippen molar-refractivity contribution in [1.82, 2.24) is 0 Å². The normalized spacial score (nSPS) is 10.7. The van der Waals surface area contributed by atoms with Crippen molar-refractivity contribution in [3.8, 4) is 11.8 Å². The minimum absolute atomic E-state index is 0.0678. The Morgan fingerprint density at radius 2 is 2.11 bits per heavy atom. The molecule has 1 rings (SSSR count). The number of esters is 1. The number of nitriles is 1. The molecule has 0 spiro atoms. The summed E-state index contributed by atoms with van der Waals surface area (Å²) >= 11 is 5.65. The van der Waals surface area contributed by atoms with Crippen LogP contribution in [0.4, 0.5) is 13.2 Å². The highest BCUT2D eigenvalue weighted by atomic mass is 35.5. The Morgan fingerprint density at radius 3 is 2.58 bits per heavy atom. The third kappa shape index (κ3) is 3.76. The minimum atomic E-state index is -5.00. The minimum Gasteiger partial charge on any atom is -0.462 e. The van der Waals surface area contributed by atoms with Gasteiger partial charge in [0.25, 0.3) is 0 Å². The quantitative estimate of drug-likeness (QED) is 0.802. The van der Waals surface area contributed by atoms with E-state index in [-0.39, 0.29) is 11.6 Å². The summed E-state index contributed by atoms with van der Waals surface area (Å²) in [6, 6.07) is 3.43. The molecule has 0 saturated heterocycles. The van der Waals surface area contributed by atoms with E-state index in [1.807, 2.05) is 0 Å². The van der Waals surface area contributed by atoms with Gasteiger partial charge in [0.15, 0.2) is 0 Å². The first-order valence-corrected chi connectivity index (χ1v) is 5.33. The molecule has 0 radical (unpaired) electrons. The molecule has 0 bridgehead atoms. The van der Waals surface area contributed by atoms with E-state index in [2.05, 4.69) is 9.47 Å². The van der Waals surface area contributed by atoms with Gasteiger partial charge < -0.3 is 9.47 Å². The van der Waals surface area contributed by atoms with Crippen LogP contribution < -0.4 is 4.74 Å². The number of benzene rings is 1. The lowest BCUT2D eigenvalue weighted by Crippen LogP contribution is -2.20. The zero-order valence-corrected chi connectivity index (χ0v) is 10.3. The number of nitrogens with zero attached hydrogens (tertiary/aromatic N) is 1. The van der Waals surface area contributed by atoms with Crippen LogP contribution in [0, 0.1) is 11.3 Å². The second-order valence-electron chi connectivity index (χ2n) is 3.18. The summed E-state index contributed by atoms with van der Waals surface area (Å²) in [5.41, 5.74) is -1.07. The summed E-state index contributed by atoms with van der Waals surface area (Å²) in [7, 11) is 0. The summed E-state index contributed by atoms with van der Waals surface area (Å²) < 4.78 is 44.9. The van der Waals surface area contributed by atoms with E-state index in [1.165, 1.54) is 6.92 Å². The maximum atomic E-state index is 12.2. The van der Waals surface area contributed by atoms with Crippen molar-refractivity contribution >= 4 is 17.6 Å². The first kappa shape index (κ1) is 15.1. The predicted octanol–water partition coefficient (Wildman–Crippen LogP) is 3.29.